The van der Waals surface area contributed by atoms with Gasteiger partial charge in [0.2, 0.25) is 0 Å². The lowest BCUT2D eigenvalue weighted by Gasteiger charge is -2.38. The first-order valence-electron chi connectivity index (χ1n) is 11.9. The topological polar surface area (TPSA) is 101 Å². The number of carbonyl (C=O) groups is 3. The number of nitrogens with one attached hydrogen (secondary N) is 2. The first-order valence-corrected chi connectivity index (χ1v) is 11.9. The fraction of sp³-hybridized carbons (Fsp3) is 0.462. The van der Waals surface area contributed by atoms with Crippen LogP contribution in [-0.2, 0) is 20.5 Å². The minimum absolute atomic E-state index is 0.129. The number of carbonyl (C=O) groups excluding carboxylic acids is 3. The Morgan fingerprint density at radius 2 is 1.70 bits per heavy atom. The van der Waals surface area contributed by atoms with E-state index in [1.165, 1.54) is 23.2 Å². The highest BCUT2D eigenvalue weighted by molar-refractivity contribution is 6.39. The molecule has 1 aromatic heterocycles. The van der Waals surface area contributed by atoms with E-state index in [0.717, 1.165) is 18.6 Å². The number of hydrogen-bond donors (Lipinski definition) is 2. The van der Waals surface area contributed by atoms with E-state index in [0.29, 0.717) is 24.1 Å². The van der Waals surface area contributed by atoms with Crippen molar-refractivity contribution in [1.82, 2.24) is 9.88 Å². The predicted octanol–water partition coefficient (Wildman–Crippen LogP) is 5.69. The maximum absolute atomic E-state index is 13.1. The molecule has 1 aromatic carbocycles. The number of alkyl halides is 3. The average Bonchev–Trinajstić information content (AvgIpc) is 2.78. The Kier molecular flexibility index (Phi) is 8.14. The maximum atomic E-state index is 13.1. The molecular weight excluding hydrogens is 489 g/mol. The van der Waals surface area contributed by atoms with Gasteiger partial charge in [-0.2, -0.15) is 13.2 Å². The monoisotopic (exact) mass is 520 g/mol. The Bertz CT molecular complexity index is 1160. The first-order chi connectivity index (χ1) is 17.1. The van der Waals surface area contributed by atoms with Crippen molar-refractivity contribution >= 4 is 29.4 Å². The third-order valence-electron chi connectivity index (χ3n) is 5.85. The van der Waals surface area contributed by atoms with E-state index in [1.807, 2.05) is 6.92 Å². The first kappa shape index (κ1) is 27.9. The van der Waals surface area contributed by atoms with Crippen molar-refractivity contribution in [3.05, 3.63) is 53.2 Å². The van der Waals surface area contributed by atoms with Crippen LogP contribution in [0.15, 0.2) is 36.5 Å². The molecule has 11 heteroatoms. The Morgan fingerprint density at radius 3 is 2.27 bits per heavy atom. The highest BCUT2D eigenvalue weighted by Crippen LogP contribution is 2.36. The largest absolute Gasteiger partial charge is 0.444 e. The molecule has 2 heterocycles. The Morgan fingerprint density at radius 1 is 1.05 bits per heavy atom. The number of anilines is 2. The number of nitrogens with zero attached hydrogens (tertiary/aromatic N) is 2. The van der Waals surface area contributed by atoms with Gasteiger partial charge in [0.25, 0.3) is 0 Å². The molecule has 3 amide bonds. The Hall–Kier alpha value is -3.63. The van der Waals surface area contributed by atoms with E-state index in [9.17, 15) is 27.6 Å². The molecule has 0 bridgehead atoms. The number of aryl methyl sites for hydroxylation is 1. The van der Waals surface area contributed by atoms with Gasteiger partial charge in [0.1, 0.15) is 11.4 Å². The van der Waals surface area contributed by atoms with Crippen molar-refractivity contribution in [1.29, 1.82) is 0 Å². The second-order valence-corrected chi connectivity index (χ2v) is 10.2. The molecule has 0 spiro atoms. The lowest BCUT2D eigenvalue weighted by molar-refractivity contribution is -0.146. The van der Waals surface area contributed by atoms with Crippen molar-refractivity contribution in [2.75, 3.05) is 17.2 Å². The zero-order chi connectivity index (χ0) is 27.5. The van der Waals surface area contributed by atoms with E-state index >= 15 is 0 Å². The predicted molar refractivity (Wildman–Crippen MR) is 132 cm³/mol. The summed E-state index contributed by atoms with van der Waals surface area (Å²) in [5, 5.41) is 5.06. The van der Waals surface area contributed by atoms with Crippen LogP contribution in [0, 0.1) is 12.8 Å². The van der Waals surface area contributed by atoms with Crippen molar-refractivity contribution < 1.29 is 32.3 Å². The molecule has 37 heavy (non-hydrogen) atoms. The van der Waals surface area contributed by atoms with E-state index in [1.54, 1.807) is 33.8 Å². The Balaban J connectivity index is 1.72. The van der Waals surface area contributed by atoms with Crippen LogP contribution in [0.25, 0.3) is 0 Å². The van der Waals surface area contributed by atoms with Gasteiger partial charge >= 0.3 is 24.1 Å². The highest BCUT2D eigenvalue weighted by atomic mass is 19.4. The second-order valence-electron chi connectivity index (χ2n) is 10.2. The lowest BCUT2D eigenvalue weighted by atomic mass is 9.89. The van der Waals surface area contributed by atoms with Gasteiger partial charge < -0.3 is 15.0 Å². The highest BCUT2D eigenvalue weighted by Gasteiger charge is 2.35. The van der Waals surface area contributed by atoms with Crippen LogP contribution in [-0.4, -0.2) is 39.9 Å². The number of hydrogen-bond acceptors (Lipinski definition) is 5. The van der Waals surface area contributed by atoms with Crippen LogP contribution in [0.2, 0.25) is 0 Å². The molecule has 8 nitrogen and oxygen atoms in total. The molecular formula is C26H31F3N4O4. The van der Waals surface area contributed by atoms with Gasteiger partial charge in [-0.15, -0.1) is 0 Å². The Labute approximate surface area is 213 Å². The van der Waals surface area contributed by atoms with Gasteiger partial charge in [0.15, 0.2) is 0 Å². The van der Waals surface area contributed by atoms with Gasteiger partial charge in [0, 0.05) is 6.54 Å². The number of amides is 3. The van der Waals surface area contributed by atoms with E-state index in [2.05, 4.69) is 15.6 Å². The molecule has 2 aromatic rings. The molecule has 0 aliphatic carbocycles. The summed E-state index contributed by atoms with van der Waals surface area (Å²) in [7, 11) is 0. The van der Waals surface area contributed by atoms with Crippen LogP contribution < -0.4 is 10.6 Å². The molecule has 0 unspecified atom stereocenters. The molecule has 1 aliphatic heterocycles. The molecule has 1 saturated heterocycles. The lowest BCUT2D eigenvalue weighted by Crippen LogP contribution is -2.46. The van der Waals surface area contributed by atoms with Gasteiger partial charge in [-0.1, -0.05) is 19.1 Å². The molecule has 3 rings (SSSR count). The smallest absolute Gasteiger partial charge is 0.416 e. The second kappa shape index (κ2) is 10.8. The molecule has 1 fully saturated rings. The van der Waals surface area contributed by atoms with Crippen LogP contribution >= 0.6 is 0 Å². The number of rotatable bonds is 3. The molecule has 200 valence electrons. The number of halogens is 3. The minimum atomic E-state index is -4.46. The summed E-state index contributed by atoms with van der Waals surface area (Å²) in [5.74, 6) is -1.31. The third-order valence-corrected chi connectivity index (χ3v) is 5.85. The zero-order valence-electron chi connectivity index (χ0n) is 21.4. The quantitative estimate of drug-likeness (QED) is 0.506. The SMILES string of the molecule is Cc1cc(NC(=O)C(=O)N2C[C@@H](C)CC[C@@H]2c2ccc(C(F)(F)F)cc2)cnc1NC(=O)OC(C)(C)C. The third kappa shape index (κ3) is 7.43. The van der Waals surface area contributed by atoms with Crippen molar-refractivity contribution in [2.24, 2.45) is 5.92 Å². The van der Waals surface area contributed by atoms with Gasteiger partial charge in [-0.05, 0) is 75.8 Å². The molecule has 2 N–H and O–H groups in total. The normalized spacial score (nSPS) is 18.2. The summed E-state index contributed by atoms with van der Waals surface area (Å²) >= 11 is 0. The summed E-state index contributed by atoms with van der Waals surface area (Å²) in [6, 6.07) is 5.71. The van der Waals surface area contributed by atoms with E-state index < -0.39 is 41.3 Å². The zero-order valence-corrected chi connectivity index (χ0v) is 21.4. The molecule has 0 saturated carbocycles. The van der Waals surface area contributed by atoms with E-state index in [-0.39, 0.29) is 17.4 Å². The number of piperidine rings is 1. The average molecular weight is 521 g/mol. The van der Waals surface area contributed by atoms with Gasteiger partial charge in [0.05, 0.1) is 23.5 Å². The fourth-order valence-electron chi connectivity index (χ4n) is 4.11. The standard InChI is InChI=1S/C26H31F3N4O4/c1-15-6-11-20(17-7-9-18(10-8-17)26(27,28)29)33(14-15)23(35)22(34)31-19-12-16(2)21(30-13-19)32-24(36)37-25(3,4)5/h7-10,12-13,15,20H,6,11,14H2,1-5H3,(H,31,34)(H,30,32,36)/t15-,20+/m0/s1. The van der Waals surface area contributed by atoms with Gasteiger partial charge in [-0.3, -0.25) is 14.9 Å². The summed E-state index contributed by atoms with van der Waals surface area (Å²) in [5.41, 5.74) is -0.136. The number of pyridine rings is 1. The van der Waals surface area contributed by atoms with Crippen molar-refractivity contribution in [2.45, 2.75) is 65.3 Å². The summed E-state index contributed by atoms with van der Waals surface area (Å²) in [6.07, 6.45) is -2.54. The van der Waals surface area contributed by atoms with E-state index in [4.69, 9.17) is 4.74 Å². The number of ether oxygens (including phenoxy) is 1. The van der Waals surface area contributed by atoms with Crippen LogP contribution in [0.4, 0.5) is 29.5 Å². The maximum Gasteiger partial charge on any atom is 0.416 e. The molecule has 2 atom stereocenters. The van der Waals surface area contributed by atoms with Crippen LogP contribution in [0.5, 0.6) is 0 Å². The number of likely N-dealkylation sites (tertiary alicyclic amines) is 1. The number of benzene rings is 1. The fourth-order valence-corrected chi connectivity index (χ4v) is 4.11. The van der Waals surface area contributed by atoms with Crippen LogP contribution in [0.3, 0.4) is 0 Å². The summed E-state index contributed by atoms with van der Waals surface area (Å²) in [4.78, 5) is 43.5. The van der Waals surface area contributed by atoms with Crippen LogP contribution in [0.1, 0.15) is 63.3 Å². The number of aromatic nitrogens is 1. The van der Waals surface area contributed by atoms with Crippen molar-refractivity contribution in [3.8, 4) is 0 Å². The van der Waals surface area contributed by atoms with Gasteiger partial charge in [-0.25, -0.2) is 9.78 Å². The molecule has 0 radical (unpaired) electrons. The summed E-state index contributed by atoms with van der Waals surface area (Å²) in [6.45, 7) is 9.11. The minimum Gasteiger partial charge on any atom is -0.444 e. The van der Waals surface area contributed by atoms with Crippen molar-refractivity contribution in [3.63, 3.8) is 0 Å². The molecule has 1 aliphatic rings. The summed E-state index contributed by atoms with van der Waals surface area (Å²) < 4.78 is 44.1.